The summed E-state index contributed by atoms with van der Waals surface area (Å²) in [4.78, 5) is 12.6. The molecule has 0 saturated heterocycles. The molecule has 0 heterocycles. The maximum atomic E-state index is 12.6. The number of hydrogen-bond acceptors (Lipinski definition) is 4. The summed E-state index contributed by atoms with van der Waals surface area (Å²) in [7, 11) is 0. The van der Waals surface area contributed by atoms with Crippen LogP contribution in [-0.2, 0) is 4.79 Å². The highest BCUT2D eigenvalue weighted by Gasteiger charge is 2.20. The first kappa shape index (κ1) is 68.6. The van der Waals surface area contributed by atoms with E-state index in [-0.39, 0.29) is 18.9 Å². The van der Waals surface area contributed by atoms with Crippen molar-refractivity contribution in [3.63, 3.8) is 0 Å². The molecule has 0 aromatic heterocycles. The molecule has 0 aliphatic carbocycles. The van der Waals surface area contributed by atoms with Gasteiger partial charge in [-0.05, 0) is 51.4 Å². The number of carbonyl (C=O) groups is 1. The van der Waals surface area contributed by atoms with Gasteiger partial charge in [0.15, 0.2) is 0 Å². The summed E-state index contributed by atoms with van der Waals surface area (Å²) in [5, 5.41) is 33.6. The van der Waals surface area contributed by atoms with E-state index in [1.165, 1.54) is 289 Å². The number of nitrogens with one attached hydrogen (secondary N) is 1. The topological polar surface area (TPSA) is 89.8 Å². The largest absolute Gasteiger partial charge is 0.394 e. The van der Waals surface area contributed by atoms with E-state index in [2.05, 4.69) is 43.5 Å². The standard InChI is InChI=1S/C65H125NO4/c1-3-5-7-9-11-13-15-17-19-21-23-25-27-29-30-31-32-33-34-35-36-38-40-42-44-46-48-50-52-54-56-58-62(68)60-65(70)66-63(61-67)64(69)59-57-55-53-51-49-47-45-43-41-39-37-28-26-24-22-20-18-16-14-12-10-8-6-4-2/h23,25,29-30,57,59,62-64,67-69H,3-22,24,26-28,31-56,58,60-61H2,1-2H3,(H,66,70)/b25-23-,30-29-,59-57+. The van der Waals surface area contributed by atoms with Crippen LogP contribution in [0.1, 0.15) is 348 Å². The normalized spacial score (nSPS) is 13.4. The van der Waals surface area contributed by atoms with Gasteiger partial charge in [0.2, 0.25) is 5.91 Å². The summed E-state index contributed by atoms with van der Waals surface area (Å²) < 4.78 is 0. The summed E-state index contributed by atoms with van der Waals surface area (Å²) in [5.41, 5.74) is 0. The third-order valence-electron chi connectivity index (χ3n) is 14.9. The molecule has 0 aliphatic rings. The molecule has 5 nitrogen and oxygen atoms in total. The van der Waals surface area contributed by atoms with E-state index in [1.54, 1.807) is 6.08 Å². The van der Waals surface area contributed by atoms with Gasteiger partial charge in [-0.25, -0.2) is 0 Å². The Morgan fingerprint density at radius 3 is 0.943 bits per heavy atom. The molecule has 0 rings (SSSR count). The number of rotatable bonds is 59. The Labute approximate surface area is 438 Å². The summed E-state index contributed by atoms with van der Waals surface area (Å²) in [6.07, 6.45) is 79.3. The van der Waals surface area contributed by atoms with Crippen molar-refractivity contribution in [2.45, 2.75) is 366 Å². The summed E-state index contributed by atoms with van der Waals surface area (Å²) in [6, 6.07) is -0.745. The minimum Gasteiger partial charge on any atom is -0.394 e. The first-order chi connectivity index (χ1) is 34.5. The van der Waals surface area contributed by atoms with Crippen LogP contribution in [0.25, 0.3) is 0 Å². The van der Waals surface area contributed by atoms with Crippen molar-refractivity contribution in [1.29, 1.82) is 0 Å². The van der Waals surface area contributed by atoms with E-state index in [0.29, 0.717) is 6.42 Å². The van der Waals surface area contributed by atoms with E-state index in [4.69, 9.17) is 0 Å². The molecule has 414 valence electrons. The molecule has 0 spiro atoms. The zero-order valence-electron chi connectivity index (χ0n) is 47.4. The predicted molar refractivity (Wildman–Crippen MR) is 310 cm³/mol. The number of aliphatic hydroxyl groups excluding tert-OH is 3. The van der Waals surface area contributed by atoms with Gasteiger partial charge in [-0.3, -0.25) is 4.79 Å². The molecule has 0 fully saturated rings. The second kappa shape index (κ2) is 60.1. The fourth-order valence-corrected chi connectivity index (χ4v) is 10.1. The highest BCUT2D eigenvalue weighted by Crippen LogP contribution is 2.18. The lowest BCUT2D eigenvalue weighted by Crippen LogP contribution is -2.45. The molecular formula is C65H125NO4. The molecule has 5 heteroatoms. The van der Waals surface area contributed by atoms with E-state index >= 15 is 0 Å². The van der Waals surface area contributed by atoms with E-state index in [9.17, 15) is 20.1 Å². The van der Waals surface area contributed by atoms with Gasteiger partial charge in [-0.15, -0.1) is 0 Å². The van der Waals surface area contributed by atoms with Crippen LogP contribution < -0.4 is 5.32 Å². The minimum absolute atomic E-state index is 0.0156. The van der Waals surface area contributed by atoms with Crippen molar-refractivity contribution >= 4 is 5.91 Å². The van der Waals surface area contributed by atoms with Crippen LogP contribution in [0.4, 0.5) is 0 Å². The third kappa shape index (κ3) is 55.9. The number of aliphatic hydroxyl groups is 3. The molecule has 0 bridgehead atoms. The molecule has 1 amide bonds. The molecule has 0 saturated carbocycles. The molecule has 3 atom stereocenters. The second-order valence-electron chi connectivity index (χ2n) is 22.0. The zero-order valence-corrected chi connectivity index (χ0v) is 47.4. The van der Waals surface area contributed by atoms with Crippen LogP contribution in [0.5, 0.6) is 0 Å². The SMILES string of the molecule is CCCCCCCCCCC/C=C\C/C=C\CCCCCCCCCCCCCCCCCC(O)CC(=O)NC(CO)C(O)/C=C/CCCCCCCCCCCCCCCCCCCCCCCC. The lowest BCUT2D eigenvalue weighted by Gasteiger charge is -2.21. The summed E-state index contributed by atoms with van der Waals surface area (Å²) in [5.74, 6) is -0.310. The van der Waals surface area contributed by atoms with Crippen LogP contribution in [0.3, 0.4) is 0 Å². The van der Waals surface area contributed by atoms with Crippen LogP contribution in [0, 0.1) is 0 Å². The van der Waals surface area contributed by atoms with Crippen molar-refractivity contribution < 1.29 is 20.1 Å². The minimum atomic E-state index is -0.930. The Kier molecular flexibility index (Phi) is 58.9. The zero-order chi connectivity index (χ0) is 50.7. The van der Waals surface area contributed by atoms with E-state index < -0.39 is 18.2 Å². The van der Waals surface area contributed by atoms with Crippen molar-refractivity contribution in [2.24, 2.45) is 0 Å². The van der Waals surface area contributed by atoms with Gasteiger partial charge >= 0.3 is 0 Å². The second-order valence-corrected chi connectivity index (χ2v) is 22.0. The van der Waals surface area contributed by atoms with Crippen LogP contribution >= 0.6 is 0 Å². The van der Waals surface area contributed by atoms with Gasteiger partial charge in [0.1, 0.15) is 0 Å². The average Bonchev–Trinajstić information content (AvgIpc) is 3.36. The highest BCUT2D eigenvalue weighted by atomic mass is 16.3. The monoisotopic (exact) mass is 984 g/mol. The Morgan fingerprint density at radius 2 is 0.643 bits per heavy atom. The van der Waals surface area contributed by atoms with Crippen molar-refractivity contribution in [1.82, 2.24) is 5.32 Å². The smallest absolute Gasteiger partial charge is 0.222 e. The molecule has 70 heavy (non-hydrogen) atoms. The highest BCUT2D eigenvalue weighted by molar-refractivity contribution is 5.76. The number of unbranched alkanes of at least 4 members (excludes halogenated alkanes) is 46. The Hall–Kier alpha value is -1.43. The lowest BCUT2D eigenvalue weighted by atomic mass is 10.0. The third-order valence-corrected chi connectivity index (χ3v) is 14.9. The number of hydrogen-bond donors (Lipinski definition) is 4. The fourth-order valence-electron chi connectivity index (χ4n) is 10.1. The average molecular weight is 985 g/mol. The molecule has 0 aromatic rings. The van der Waals surface area contributed by atoms with Gasteiger partial charge in [0, 0.05) is 0 Å². The quantitative estimate of drug-likeness (QED) is 0.0361. The van der Waals surface area contributed by atoms with Crippen molar-refractivity contribution in [2.75, 3.05) is 6.61 Å². The first-order valence-corrected chi connectivity index (χ1v) is 31.8. The Morgan fingerprint density at radius 1 is 0.371 bits per heavy atom. The van der Waals surface area contributed by atoms with Crippen LogP contribution in [-0.4, -0.2) is 46.1 Å². The fraction of sp³-hybridized carbons (Fsp3) is 0.892. The van der Waals surface area contributed by atoms with Crippen LogP contribution in [0.2, 0.25) is 0 Å². The number of allylic oxidation sites excluding steroid dienone is 5. The number of amides is 1. The first-order valence-electron chi connectivity index (χ1n) is 31.8. The molecule has 0 aliphatic heterocycles. The summed E-state index contributed by atoms with van der Waals surface area (Å²) >= 11 is 0. The van der Waals surface area contributed by atoms with Gasteiger partial charge in [0.25, 0.3) is 0 Å². The Bertz CT molecular complexity index is 1090. The van der Waals surface area contributed by atoms with Crippen LogP contribution in [0.15, 0.2) is 36.5 Å². The lowest BCUT2D eigenvalue weighted by molar-refractivity contribution is -0.124. The Balaban J connectivity index is 3.53. The van der Waals surface area contributed by atoms with Gasteiger partial charge in [0.05, 0.1) is 31.3 Å². The van der Waals surface area contributed by atoms with E-state index in [1.807, 2.05) is 6.08 Å². The maximum Gasteiger partial charge on any atom is 0.222 e. The molecular weight excluding hydrogens is 859 g/mol. The predicted octanol–water partition coefficient (Wildman–Crippen LogP) is 20.2. The van der Waals surface area contributed by atoms with Gasteiger partial charge < -0.3 is 20.6 Å². The number of carbonyl (C=O) groups excluding carboxylic acids is 1. The van der Waals surface area contributed by atoms with Crippen molar-refractivity contribution in [3.8, 4) is 0 Å². The molecule has 3 unspecified atom stereocenters. The van der Waals surface area contributed by atoms with E-state index in [0.717, 1.165) is 32.1 Å². The summed E-state index contributed by atoms with van der Waals surface area (Å²) in [6.45, 7) is 4.26. The van der Waals surface area contributed by atoms with Gasteiger partial charge in [-0.2, -0.15) is 0 Å². The maximum absolute atomic E-state index is 12.6. The van der Waals surface area contributed by atoms with Gasteiger partial charge in [-0.1, -0.05) is 326 Å². The molecule has 0 aromatic carbocycles. The molecule has 0 radical (unpaired) electrons. The molecule has 4 N–H and O–H groups in total. The van der Waals surface area contributed by atoms with Crippen molar-refractivity contribution in [3.05, 3.63) is 36.5 Å².